The second kappa shape index (κ2) is 3.18. The van der Waals surface area contributed by atoms with Crippen molar-refractivity contribution in [1.82, 2.24) is 4.98 Å². The second-order valence-electron chi connectivity index (χ2n) is 3.15. The number of halogens is 1. The molecule has 3 nitrogen and oxygen atoms in total. The molecule has 0 aromatic carbocycles. The second-order valence-corrected chi connectivity index (χ2v) is 4.00. The number of hydrogen-bond acceptors (Lipinski definition) is 3. The predicted molar refractivity (Wildman–Crippen MR) is 55.4 cm³/mol. The van der Waals surface area contributed by atoms with Crippen molar-refractivity contribution < 1.29 is 4.74 Å². The normalized spacial score (nSPS) is 15.2. The molecular weight excluding hydrogens is 232 g/mol. The first-order chi connectivity index (χ1) is 6.18. The Labute approximate surface area is 85.8 Å². The van der Waals surface area contributed by atoms with Gasteiger partial charge in [0.1, 0.15) is 12.3 Å². The third kappa shape index (κ3) is 1.50. The number of aryl methyl sites for hydroxylation is 1. The van der Waals surface area contributed by atoms with E-state index in [4.69, 9.17) is 4.74 Å². The van der Waals surface area contributed by atoms with Crippen LogP contribution in [0.2, 0.25) is 0 Å². The molecule has 70 valence electrons. The van der Waals surface area contributed by atoms with Gasteiger partial charge in [0, 0.05) is 11.5 Å². The van der Waals surface area contributed by atoms with Crippen molar-refractivity contribution in [2.75, 3.05) is 25.1 Å². The molecule has 1 aliphatic rings. The molecular formula is C9H11BrN2O. The Morgan fingerprint density at radius 3 is 3.15 bits per heavy atom. The number of ether oxygens (including phenoxy) is 1. The van der Waals surface area contributed by atoms with Gasteiger partial charge in [0.05, 0.1) is 12.2 Å². The first-order valence-electron chi connectivity index (χ1n) is 4.19. The summed E-state index contributed by atoms with van der Waals surface area (Å²) in [5, 5.41) is 0. The van der Waals surface area contributed by atoms with Crippen LogP contribution in [-0.4, -0.2) is 25.2 Å². The van der Waals surface area contributed by atoms with Gasteiger partial charge in [0.25, 0.3) is 0 Å². The molecule has 0 saturated heterocycles. The summed E-state index contributed by atoms with van der Waals surface area (Å²) in [7, 11) is 2.05. The van der Waals surface area contributed by atoms with E-state index in [-0.39, 0.29) is 0 Å². The molecule has 1 aliphatic heterocycles. The number of pyridine rings is 1. The van der Waals surface area contributed by atoms with Gasteiger partial charge in [-0.15, -0.1) is 0 Å². The summed E-state index contributed by atoms with van der Waals surface area (Å²) in [4.78, 5) is 6.50. The van der Waals surface area contributed by atoms with Crippen LogP contribution in [0.3, 0.4) is 0 Å². The standard InChI is InChI=1S/C9H11BrN2O/c1-6-7(10)5-8-9(11-6)13-4-3-12(8)2/h5H,3-4H2,1-2H3. The summed E-state index contributed by atoms with van der Waals surface area (Å²) in [5.41, 5.74) is 2.03. The number of rotatable bonds is 0. The fourth-order valence-corrected chi connectivity index (χ4v) is 1.63. The molecule has 0 spiro atoms. The molecule has 4 heteroatoms. The van der Waals surface area contributed by atoms with Crippen LogP contribution in [0.5, 0.6) is 5.88 Å². The van der Waals surface area contributed by atoms with Crippen molar-refractivity contribution in [3.63, 3.8) is 0 Å². The summed E-state index contributed by atoms with van der Waals surface area (Å²) < 4.78 is 6.49. The molecule has 0 amide bonds. The van der Waals surface area contributed by atoms with Gasteiger partial charge in [-0.1, -0.05) is 0 Å². The Bertz CT molecular complexity index is 341. The lowest BCUT2D eigenvalue weighted by atomic mass is 10.3. The maximum Gasteiger partial charge on any atom is 0.237 e. The molecule has 0 N–H and O–H groups in total. The average Bonchev–Trinajstić information content (AvgIpc) is 2.09. The molecule has 1 aromatic rings. The van der Waals surface area contributed by atoms with Crippen molar-refractivity contribution in [2.24, 2.45) is 0 Å². The summed E-state index contributed by atoms with van der Waals surface area (Å²) >= 11 is 3.46. The third-order valence-electron chi connectivity index (χ3n) is 2.17. The van der Waals surface area contributed by atoms with Gasteiger partial charge in [-0.2, -0.15) is 0 Å². The van der Waals surface area contributed by atoms with E-state index >= 15 is 0 Å². The summed E-state index contributed by atoms with van der Waals surface area (Å²) in [5.74, 6) is 0.745. The van der Waals surface area contributed by atoms with E-state index in [1.807, 2.05) is 14.0 Å². The quantitative estimate of drug-likeness (QED) is 0.696. The third-order valence-corrected chi connectivity index (χ3v) is 2.98. The van der Waals surface area contributed by atoms with Crippen molar-refractivity contribution in [2.45, 2.75) is 6.92 Å². The van der Waals surface area contributed by atoms with Crippen LogP contribution in [0.25, 0.3) is 0 Å². The number of likely N-dealkylation sites (N-methyl/N-ethyl adjacent to an activating group) is 1. The van der Waals surface area contributed by atoms with E-state index in [1.165, 1.54) is 0 Å². The van der Waals surface area contributed by atoms with Gasteiger partial charge in [0.15, 0.2) is 0 Å². The molecule has 0 unspecified atom stereocenters. The molecule has 2 rings (SSSR count). The van der Waals surface area contributed by atoms with E-state index in [0.29, 0.717) is 0 Å². The maximum absolute atomic E-state index is 5.46. The minimum atomic E-state index is 0.720. The van der Waals surface area contributed by atoms with Crippen molar-refractivity contribution >= 4 is 21.6 Å². The first-order valence-corrected chi connectivity index (χ1v) is 4.99. The molecule has 0 saturated carbocycles. The van der Waals surface area contributed by atoms with Crippen molar-refractivity contribution in [1.29, 1.82) is 0 Å². The Hall–Kier alpha value is -0.770. The van der Waals surface area contributed by atoms with E-state index < -0.39 is 0 Å². The summed E-state index contributed by atoms with van der Waals surface area (Å²) in [6.07, 6.45) is 0. The van der Waals surface area contributed by atoms with Gasteiger partial charge in [-0.05, 0) is 28.9 Å². The zero-order valence-electron chi connectivity index (χ0n) is 7.67. The highest BCUT2D eigenvalue weighted by Crippen LogP contribution is 2.32. The highest BCUT2D eigenvalue weighted by Gasteiger charge is 2.17. The Morgan fingerprint density at radius 1 is 1.62 bits per heavy atom. The molecule has 0 radical (unpaired) electrons. The van der Waals surface area contributed by atoms with E-state index in [2.05, 4.69) is 31.9 Å². The van der Waals surface area contributed by atoms with Crippen LogP contribution < -0.4 is 9.64 Å². The SMILES string of the molecule is Cc1nc2c(cc1Br)N(C)CCO2. The average molecular weight is 243 g/mol. The van der Waals surface area contributed by atoms with Crippen LogP contribution in [-0.2, 0) is 0 Å². The van der Waals surface area contributed by atoms with Crippen LogP contribution in [0.1, 0.15) is 5.69 Å². The van der Waals surface area contributed by atoms with Crippen LogP contribution in [0.4, 0.5) is 5.69 Å². The topological polar surface area (TPSA) is 25.4 Å². The molecule has 0 atom stereocenters. The monoisotopic (exact) mass is 242 g/mol. The first kappa shape index (κ1) is 8.81. The van der Waals surface area contributed by atoms with E-state index in [1.54, 1.807) is 0 Å². The van der Waals surface area contributed by atoms with Gasteiger partial charge < -0.3 is 9.64 Å². The van der Waals surface area contributed by atoms with Crippen LogP contribution in [0, 0.1) is 6.92 Å². The highest BCUT2D eigenvalue weighted by atomic mass is 79.9. The Morgan fingerprint density at radius 2 is 2.38 bits per heavy atom. The fourth-order valence-electron chi connectivity index (χ4n) is 1.33. The van der Waals surface area contributed by atoms with E-state index in [9.17, 15) is 0 Å². The number of anilines is 1. The molecule has 0 aliphatic carbocycles. The van der Waals surface area contributed by atoms with Gasteiger partial charge in [-0.3, -0.25) is 0 Å². The molecule has 2 heterocycles. The Balaban J connectivity index is 2.52. The lowest BCUT2D eigenvalue weighted by molar-refractivity contribution is 0.298. The fraction of sp³-hybridized carbons (Fsp3) is 0.444. The maximum atomic E-state index is 5.46. The lowest BCUT2D eigenvalue weighted by Crippen LogP contribution is -2.29. The number of aromatic nitrogens is 1. The van der Waals surface area contributed by atoms with Crippen LogP contribution in [0.15, 0.2) is 10.5 Å². The highest BCUT2D eigenvalue weighted by molar-refractivity contribution is 9.10. The number of nitrogens with zero attached hydrogens (tertiary/aromatic N) is 2. The minimum absolute atomic E-state index is 0.720. The smallest absolute Gasteiger partial charge is 0.237 e. The minimum Gasteiger partial charge on any atom is -0.474 e. The number of hydrogen-bond donors (Lipinski definition) is 0. The summed E-state index contributed by atoms with van der Waals surface area (Å²) in [6, 6.07) is 2.05. The zero-order chi connectivity index (χ0) is 9.42. The van der Waals surface area contributed by atoms with E-state index in [0.717, 1.165) is 34.9 Å². The van der Waals surface area contributed by atoms with Crippen molar-refractivity contribution in [3.05, 3.63) is 16.2 Å². The largest absolute Gasteiger partial charge is 0.474 e. The molecule has 13 heavy (non-hydrogen) atoms. The lowest BCUT2D eigenvalue weighted by Gasteiger charge is -2.27. The zero-order valence-corrected chi connectivity index (χ0v) is 9.26. The molecule has 1 aromatic heterocycles. The van der Waals surface area contributed by atoms with Gasteiger partial charge in [-0.25, -0.2) is 4.98 Å². The van der Waals surface area contributed by atoms with Gasteiger partial charge in [0.2, 0.25) is 5.88 Å². The molecule has 0 bridgehead atoms. The molecule has 0 fully saturated rings. The van der Waals surface area contributed by atoms with Crippen molar-refractivity contribution in [3.8, 4) is 5.88 Å². The van der Waals surface area contributed by atoms with Gasteiger partial charge >= 0.3 is 0 Å². The van der Waals surface area contributed by atoms with Crippen LogP contribution >= 0.6 is 15.9 Å². The summed E-state index contributed by atoms with van der Waals surface area (Å²) in [6.45, 7) is 3.60. The predicted octanol–water partition coefficient (Wildman–Crippen LogP) is 1.98. The number of fused-ring (bicyclic) bond motifs is 1. The Kier molecular flexibility index (Phi) is 2.15.